The first-order valence-electron chi connectivity index (χ1n) is 6.49. The van der Waals surface area contributed by atoms with Gasteiger partial charge in [0, 0.05) is 24.5 Å². The predicted molar refractivity (Wildman–Crippen MR) is 81.2 cm³/mol. The number of aliphatic hydroxyl groups is 1. The molecule has 2 aromatic rings. The number of anilines is 1. The number of aryl methyl sites for hydroxylation is 1. The minimum Gasteiger partial charge on any atom is -0.383 e. The Morgan fingerprint density at radius 2 is 2.27 bits per heavy atom. The molecule has 1 aromatic heterocycles. The molecule has 0 spiro atoms. The Balaban J connectivity index is 1.93. The second-order valence-corrected chi connectivity index (χ2v) is 5.52. The molecule has 2 amide bonds. The van der Waals surface area contributed by atoms with Gasteiger partial charge in [0.25, 0.3) is 0 Å². The van der Waals surface area contributed by atoms with E-state index in [0.29, 0.717) is 5.56 Å². The molecule has 0 saturated carbocycles. The number of hydrogen-bond donors (Lipinski definition) is 3. The molecule has 0 radical (unpaired) electrons. The van der Waals surface area contributed by atoms with E-state index in [0.717, 1.165) is 6.07 Å². The number of carbonyl (C=O) groups is 1. The number of rotatable bonds is 4. The zero-order chi connectivity index (χ0) is 16.3. The van der Waals surface area contributed by atoms with Crippen LogP contribution in [-0.2, 0) is 12.6 Å². The van der Waals surface area contributed by atoms with E-state index in [4.69, 9.17) is 11.6 Å². The number of nitrogens with one attached hydrogen (secondary N) is 2. The molecule has 6 nitrogen and oxygen atoms in total. The maximum atomic E-state index is 13.3. The highest BCUT2D eigenvalue weighted by Gasteiger charge is 2.25. The van der Waals surface area contributed by atoms with Crippen LogP contribution in [0.2, 0.25) is 5.02 Å². The first kappa shape index (κ1) is 16.3. The molecule has 0 fully saturated rings. The molecule has 0 aliphatic rings. The van der Waals surface area contributed by atoms with Crippen LogP contribution in [0.3, 0.4) is 0 Å². The molecule has 0 bridgehead atoms. The second-order valence-electron chi connectivity index (χ2n) is 5.11. The second kappa shape index (κ2) is 6.33. The predicted octanol–water partition coefficient (Wildman–Crippen LogP) is 2.24. The molecule has 118 valence electrons. The maximum absolute atomic E-state index is 13.3. The Morgan fingerprint density at radius 3 is 2.86 bits per heavy atom. The van der Waals surface area contributed by atoms with Gasteiger partial charge in [-0.25, -0.2) is 9.18 Å². The van der Waals surface area contributed by atoms with E-state index in [2.05, 4.69) is 15.7 Å². The molecule has 0 aliphatic heterocycles. The number of halogens is 2. The third-order valence-electron chi connectivity index (χ3n) is 3.10. The summed E-state index contributed by atoms with van der Waals surface area (Å²) < 4.78 is 14.8. The van der Waals surface area contributed by atoms with Crippen molar-refractivity contribution in [2.24, 2.45) is 7.05 Å². The summed E-state index contributed by atoms with van der Waals surface area (Å²) in [7, 11) is 1.73. The van der Waals surface area contributed by atoms with E-state index in [1.54, 1.807) is 24.9 Å². The smallest absolute Gasteiger partial charge is 0.319 e. The van der Waals surface area contributed by atoms with Crippen molar-refractivity contribution in [2.45, 2.75) is 12.5 Å². The summed E-state index contributed by atoms with van der Waals surface area (Å²) in [5, 5.41) is 19.2. The highest BCUT2D eigenvalue weighted by atomic mass is 35.5. The van der Waals surface area contributed by atoms with Crippen LogP contribution in [0.15, 0.2) is 30.6 Å². The van der Waals surface area contributed by atoms with Gasteiger partial charge in [-0.3, -0.25) is 4.68 Å². The highest BCUT2D eigenvalue weighted by molar-refractivity contribution is 6.30. The van der Waals surface area contributed by atoms with Gasteiger partial charge in [-0.05, 0) is 25.1 Å². The summed E-state index contributed by atoms with van der Waals surface area (Å²) in [6.45, 7) is 1.53. The van der Waals surface area contributed by atoms with E-state index in [1.165, 1.54) is 18.3 Å². The van der Waals surface area contributed by atoms with Gasteiger partial charge in [0.05, 0.1) is 17.8 Å². The number of urea groups is 1. The minimum absolute atomic E-state index is 0.0227. The van der Waals surface area contributed by atoms with Crippen LogP contribution in [0.4, 0.5) is 14.9 Å². The van der Waals surface area contributed by atoms with E-state index in [1.807, 2.05) is 0 Å². The van der Waals surface area contributed by atoms with Gasteiger partial charge in [-0.15, -0.1) is 0 Å². The SMILES string of the molecule is Cn1cc(C(C)(O)CNC(=O)Nc2ccc(Cl)c(F)c2)cn1. The number of nitrogens with zero attached hydrogens (tertiary/aromatic N) is 2. The molecule has 2 rings (SSSR count). The fraction of sp³-hybridized carbons (Fsp3) is 0.286. The lowest BCUT2D eigenvalue weighted by molar-refractivity contribution is 0.0599. The van der Waals surface area contributed by atoms with Crippen molar-refractivity contribution in [1.29, 1.82) is 0 Å². The van der Waals surface area contributed by atoms with Crippen molar-refractivity contribution in [3.05, 3.63) is 47.0 Å². The van der Waals surface area contributed by atoms with Gasteiger partial charge < -0.3 is 15.7 Å². The van der Waals surface area contributed by atoms with Crippen LogP contribution in [0.1, 0.15) is 12.5 Å². The molecule has 1 aromatic carbocycles. The first-order valence-corrected chi connectivity index (χ1v) is 6.87. The Hall–Kier alpha value is -2.12. The van der Waals surface area contributed by atoms with Crippen molar-refractivity contribution in [3.63, 3.8) is 0 Å². The van der Waals surface area contributed by atoms with Crippen molar-refractivity contribution in [2.75, 3.05) is 11.9 Å². The minimum atomic E-state index is -1.27. The molecule has 1 unspecified atom stereocenters. The van der Waals surface area contributed by atoms with Crippen molar-refractivity contribution < 1.29 is 14.3 Å². The van der Waals surface area contributed by atoms with Crippen LogP contribution in [0.25, 0.3) is 0 Å². The number of carbonyl (C=O) groups excluding carboxylic acids is 1. The standard InChI is InChI=1S/C14H16ClFN4O2/c1-14(22,9-6-18-20(2)7-9)8-17-13(21)19-10-3-4-11(15)12(16)5-10/h3-7,22H,8H2,1-2H3,(H2,17,19,21). The van der Waals surface area contributed by atoms with Gasteiger partial charge in [0.15, 0.2) is 0 Å². The van der Waals surface area contributed by atoms with Gasteiger partial charge in [-0.1, -0.05) is 11.6 Å². The summed E-state index contributed by atoms with van der Waals surface area (Å²) in [6, 6.07) is 3.37. The summed E-state index contributed by atoms with van der Waals surface area (Å²) >= 11 is 5.56. The quantitative estimate of drug-likeness (QED) is 0.806. The average Bonchev–Trinajstić information content (AvgIpc) is 2.88. The maximum Gasteiger partial charge on any atom is 0.319 e. The molecule has 8 heteroatoms. The lowest BCUT2D eigenvalue weighted by Gasteiger charge is -2.22. The van der Waals surface area contributed by atoms with Crippen LogP contribution >= 0.6 is 11.6 Å². The largest absolute Gasteiger partial charge is 0.383 e. The number of hydrogen-bond acceptors (Lipinski definition) is 3. The molecular formula is C14H16ClFN4O2. The van der Waals surface area contributed by atoms with E-state index < -0.39 is 17.4 Å². The summed E-state index contributed by atoms with van der Waals surface area (Å²) in [6.07, 6.45) is 3.18. The van der Waals surface area contributed by atoms with Crippen molar-refractivity contribution in [1.82, 2.24) is 15.1 Å². The van der Waals surface area contributed by atoms with Crippen LogP contribution < -0.4 is 10.6 Å². The van der Waals surface area contributed by atoms with Crippen LogP contribution in [0.5, 0.6) is 0 Å². The molecule has 22 heavy (non-hydrogen) atoms. The summed E-state index contributed by atoms with van der Waals surface area (Å²) in [5.74, 6) is -0.623. The Kier molecular flexibility index (Phi) is 4.68. The van der Waals surface area contributed by atoms with E-state index in [-0.39, 0.29) is 17.3 Å². The van der Waals surface area contributed by atoms with Crippen molar-refractivity contribution >= 4 is 23.3 Å². The van der Waals surface area contributed by atoms with Crippen LogP contribution in [-0.4, -0.2) is 27.5 Å². The first-order chi connectivity index (χ1) is 10.3. The van der Waals surface area contributed by atoms with E-state index in [9.17, 15) is 14.3 Å². The van der Waals surface area contributed by atoms with Crippen LogP contribution in [0, 0.1) is 5.82 Å². The summed E-state index contributed by atoms with van der Waals surface area (Å²) in [5.41, 5.74) is -0.426. The lowest BCUT2D eigenvalue weighted by atomic mass is 10.00. The fourth-order valence-electron chi connectivity index (χ4n) is 1.80. The average molecular weight is 327 g/mol. The number of benzene rings is 1. The zero-order valence-electron chi connectivity index (χ0n) is 12.1. The fourth-order valence-corrected chi connectivity index (χ4v) is 1.92. The molecule has 0 aliphatic carbocycles. The highest BCUT2D eigenvalue weighted by Crippen LogP contribution is 2.20. The summed E-state index contributed by atoms with van der Waals surface area (Å²) in [4.78, 5) is 11.8. The topological polar surface area (TPSA) is 79.2 Å². The molecular weight excluding hydrogens is 311 g/mol. The zero-order valence-corrected chi connectivity index (χ0v) is 12.9. The third kappa shape index (κ3) is 3.96. The molecule has 0 saturated heterocycles. The van der Waals surface area contributed by atoms with Gasteiger partial charge in [0.2, 0.25) is 0 Å². The van der Waals surface area contributed by atoms with Gasteiger partial charge in [-0.2, -0.15) is 5.10 Å². The van der Waals surface area contributed by atoms with Gasteiger partial charge in [0.1, 0.15) is 11.4 Å². The Bertz CT molecular complexity index is 687. The van der Waals surface area contributed by atoms with Gasteiger partial charge >= 0.3 is 6.03 Å². The van der Waals surface area contributed by atoms with Crippen molar-refractivity contribution in [3.8, 4) is 0 Å². The molecule has 3 N–H and O–H groups in total. The third-order valence-corrected chi connectivity index (χ3v) is 3.40. The monoisotopic (exact) mass is 326 g/mol. The molecule has 1 heterocycles. The Labute approximate surface area is 131 Å². The molecule has 1 atom stereocenters. The number of aromatic nitrogens is 2. The number of amides is 2. The van der Waals surface area contributed by atoms with E-state index >= 15 is 0 Å². The lowest BCUT2D eigenvalue weighted by Crippen LogP contribution is -2.40. The Morgan fingerprint density at radius 1 is 1.55 bits per heavy atom. The normalized spacial score (nSPS) is 13.5.